The Labute approximate surface area is 154 Å². The number of ether oxygens (including phenoxy) is 2. The van der Waals surface area contributed by atoms with Gasteiger partial charge in [-0.05, 0) is 47.8 Å². The third-order valence-corrected chi connectivity index (χ3v) is 4.17. The molecule has 0 unspecified atom stereocenters. The molecule has 0 fully saturated rings. The van der Waals surface area contributed by atoms with Crippen molar-refractivity contribution < 1.29 is 14.3 Å². The van der Waals surface area contributed by atoms with Crippen molar-refractivity contribution in [2.45, 2.75) is 13.5 Å². The summed E-state index contributed by atoms with van der Waals surface area (Å²) in [6.07, 6.45) is 0. The number of aromatic nitrogens is 4. The van der Waals surface area contributed by atoms with Crippen molar-refractivity contribution in [3.05, 3.63) is 41.8 Å². The number of hydrogen-bond acceptors (Lipinski definition) is 7. The Bertz CT molecular complexity index is 817. The molecule has 1 amide bonds. The van der Waals surface area contributed by atoms with Crippen LogP contribution in [0.3, 0.4) is 0 Å². The summed E-state index contributed by atoms with van der Waals surface area (Å²) < 4.78 is 10.9. The summed E-state index contributed by atoms with van der Waals surface area (Å²) in [6, 6.07) is 11.2. The molecule has 0 aliphatic carbocycles. The number of carbonyl (C=O) groups excluding carboxylic acids is 1. The van der Waals surface area contributed by atoms with Crippen LogP contribution in [-0.2, 0) is 11.3 Å². The smallest absolute Gasteiger partial charge is 0.243 e. The van der Waals surface area contributed by atoms with Crippen LogP contribution in [0.4, 0.5) is 0 Å². The first-order valence-corrected chi connectivity index (χ1v) is 9.06. The van der Waals surface area contributed by atoms with Crippen molar-refractivity contribution in [1.29, 1.82) is 0 Å². The zero-order valence-corrected chi connectivity index (χ0v) is 15.1. The molecule has 3 aromatic rings. The van der Waals surface area contributed by atoms with E-state index in [0.29, 0.717) is 25.6 Å². The van der Waals surface area contributed by atoms with Crippen LogP contribution in [0.1, 0.15) is 6.92 Å². The van der Waals surface area contributed by atoms with Gasteiger partial charge < -0.3 is 14.8 Å². The fourth-order valence-corrected chi connectivity index (χ4v) is 2.81. The molecule has 0 aliphatic heterocycles. The Morgan fingerprint density at radius 3 is 2.65 bits per heavy atom. The highest BCUT2D eigenvalue weighted by atomic mass is 32.1. The Morgan fingerprint density at radius 1 is 1.19 bits per heavy atom. The van der Waals surface area contributed by atoms with Crippen LogP contribution >= 0.6 is 11.3 Å². The van der Waals surface area contributed by atoms with E-state index in [1.807, 2.05) is 48.7 Å². The molecule has 2 heterocycles. The lowest BCUT2D eigenvalue weighted by Crippen LogP contribution is -2.31. The van der Waals surface area contributed by atoms with Crippen LogP contribution in [0, 0.1) is 0 Å². The zero-order valence-electron chi connectivity index (χ0n) is 14.3. The fraction of sp³-hybridized carbons (Fsp3) is 0.294. The average Bonchev–Trinajstić information content (AvgIpc) is 3.32. The maximum atomic E-state index is 11.9. The van der Waals surface area contributed by atoms with E-state index >= 15 is 0 Å². The van der Waals surface area contributed by atoms with Gasteiger partial charge in [-0.15, -0.1) is 21.5 Å². The van der Waals surface area contributed by atoms with Crippen molar-refractivity contribution in [2.75, 3.05) is 19.8 Å². The number of thiophene rings is 1. The minimum absolute atomic E-state index is 0.0153. The van der Waals surface area contributed by atoms with Gasteiger partial charge in [-0.1, -0.05) is 6.07 Å². The molecular formula is C17H19N5O3S. The number of rotatable bonds is 9. The summed E-state index contributed by atoms with van der Waals surface area (Å²) in [6.45, 7) is 3.33. The minimum Gasteiger partial charge on any atom is -0.494 e. The van der Waals surface area contributed by atoms with Crippen molar-refractivity contribution in [1.82, 2.24) is 25.5 Å². The quantitative estimate of drug-likeness (QED) is 0.577. The minimum atomic E-state index is -0.199. The zero-order chi connectivity index (χ0) is 18.2. The maximum absolute atomic E-state index is 11.9. The molecule has 0 saturated carbocycles. The number of benzene rings is 1. The molecule has 3 rings (SSSR count). The van der Waals surface area contributed by atoms with Crippen molar-refractivity contribution in [3.63, 3.8) is 0 Å². The predicted molar refractivity (Wildman–Crippen MR) is 97.2 cm³/mol. The monoisotopic (exact) mass is 373 g/mol. The lowest BCUT2D eigenvalue weighted by atomic mass is 10.3. The lowest BCUT2D eigenvalue weighted by molar-refractivity contribution is -0.122. The van der Waals surface area contributed by atoms with Gasteiger partial charge in [-0.2, -0.15) is 4.80 Å². The van der Waals surface area contributed by atoms with Gasteiger partial charge in [0.05, 0.1) is 18.0 Å². The van der Waals surface area contributed by atoms with Gasteiger partial charge in [-0.3, -0.25) is 4.79 Å². The van der Waals surface area contributed by atoms with E-state index in [1.54, 1.807) is 0 Å². The highest BCUT2D eigenvalue weighted by molar-refractivity contribution is 7.13. The van der Waals surface area contributed by atoms with Crippen molar-refractivity contribution in [2.24, 2.45) is 0 Å². The van der Waals surface area contributed by atoms with Gasteiger partial charge in [0.25, 0.3) is 0 Å². The van der Waals surface area contributed by atoms with Crippen LogP contribution in [0.25, 0.3) is 10.7 Å². The van der Waals surface area contributed by atoms with E-state index in [-0.39, 0.29) is 12.5 Å². The van der Waals surface area contributed by atoms with E-state index in [9.17, 15) is 4.79 Å². The normalized spacial score (nSPS) is 10.5. The predicted octanol–water partition coefficient (Wildman–Crippen LogP) is 2.00. The number of amides is 1. The summed E-state index contributed by atoms with van der Waals surface area (Å²) in [5.74, 6) is 1.85. The second-order valence-electron chi connectivity index (χ2n) is 5.22. The van der Waals surface area contributed by atoms with E-state index in [2.05, 4.69) is 20.7 Å². The second kappa shape index (κ2) is 8.95. The van der Waals surface area contributed by atoms with Gasteiger partial charge in [0, 0.05) is 0 Å². The molecule has 1 aromatic carbocycles. The average molecular weight is 373 g/mol. The molecule has 2 aromatic heterocycles. The first-order chi connectivity index (χ1) is 12.7. The molecule has 0 bridgehead atoms. The van der Waals surface area contributed by atoms with Crippen molar-refractivity contribution in [3.8, 4) is 22.2 Å². The molecule has 9 heteroatoms. The Balaban J connectivity index is 1.38. The van der Waals surface area contributed by atoms with Gasteiger partial charge in [-0.25, -0.2) is 0 Å². The highest BCUT2D eigenvalue weighted by Gasteiger charge is 2.09. The van der Waals surface area contributed by atoms with Crippen LogP contribution < -0.4 is 14.8 Å². The van der Waals surface area contributed by atoms with Gasteiger partial charge in [0.15, 0.2) is 0 Å². The van der Waals surface area contributed by atoms with E-state index in [4.69, 9.17) is 9.47 Å². The second-order valence-corrected chi connectivity index (χ2v) is 6.17. The van der Waals surface area contributed by atoms with Crippen molar-refractivity contribution >= 4 is 17.2 Å². The molecule has 26 heavy (non-hydrogen) atoms. The third-order valence-electron chi connectivity index (χ3n) is 3.31. The standard InChI is InChI=1S/C17H19N5O3S/c1-2-24-13-5-7-14(8-6-13)25-10-9-18-16(23)12-22-20-17(19-21-22)15-4-3-11-26-15/h3-8,11H,2,9-10,12H2,1H3,(H,18,23). The van der Waals surface area contributed by atoms with Crippen LogP contribution in [0.2, 0.25) is 0 Å². The lowest BCUT2D eigenvalue weighted by Gasteiger charge is -2.08. The van der Waals surface area contributed by atoms with Gasteiger partial charge in [0.2, 0.25) is 11.7 Å². The molecule has 0 atom stereocenters. The fourth-order valence-electron chi connectivity index (χ4n) is 2.16. The van der Waals surface area contributed by atoms with E-state index < -0.39 is 0 Å². The summed E-state index contributed by atoms with van der Waals surface area (Å²) >= 11 is 1.52. The molecule has 8 nitrogen and oxygen atoms in total. The molecule has 0 spiro atoms. The van der Waals surface area contributed by atoms with Crippen LogP contribution in [-0.4, -0.2) is 45.9 Å². The first-order valence-electron chi connectivity index (χ1n) is 8.18. The van der Waals surface area contributed by atoms with Crippen LogP contribution in [0.15, 0.2) is 41.8 Å². The first kappa shape index (κ1) is 17.9. The van der Waals surface area contributed by atoms with Gasteiger partial charge in [0.1, 0.15) is 24.7 Å². The summed E-state index contributed by atoms with van der Waals surface area (Å²) in [4.78, 5) is 14.1. The number of nitrogens with zero attached hydrogens (tertiary/aromatic N) is 4. The topological polar surface area (TPSA) is 91.2 Å². The molecular weight excluding hydrogens is 354 g/mol. The maximum Gasteiger partial charge on any atom is 0.243 e. The molecule has 136 valence electrons. The number of hydrogen-bond donors (Lipinski definition) is 1. The number of nitrogens with one attached hydrogen (secondary N) is 1. The SMILES string of the molecule is CCOc1ccc(OCCNC(=O)Cn2nnc(-c3cccs3)n2)cc1. The highest BCUT2D eigenvalue weighted by Crippen LogP contribution is 2.19. The summed E-state index contributed by atoms with van der Waals surface area (Å²) in [5.41, 5.74) is 0. The molecule has 0 aliphatic rings. The number of tetrazole rings is 1. The number of carbonyl (C=O) groups is 1. The molecule has 0 radical (unpaired) electrons. The summed E-state index contributed by atoms with van der Waals surface area (Å²) in [7, 11) is 0. The van der Waals surface area contributed by atoms with Crippen LogP contribution in [0.5, 0.6) is 11.5 Å². The summed E-state index contributed by atoms with van der Waals surface area (Å²) in [5, 5.41) is 16.7. The third kappa shape index (κ3) is 5.03. The Kier molecular flexibility index (Phi) is 6.15. The molecule has 0 saturated heterocycles. The Morgan fingerprint density at radius 2 is 1.96 bits per heavy atom. The van der Waals surface area contributed by atoms with E-state index in [1.165, 1.54) is 16.1 Å². The van der Waals surface area contributed by atoms with Gasteiger partial charge >= 0.3 is 0 Å². The molecule has 1 N–H and O–H groups in total. The van der Waals surface area contributed by atoms with E-state index in [0.717, 1.165) is 16.4 Å². The Hall–Kier alpha value is -2.94. The largest absolute Gasteiger partial charge is 0.494 e.